The standard InChI is InChI=1S/C22H25N3O2/c1-16(2)25(15-17-9-11-18(12-10-17)24(3)4)22(26)14-13-21-23-19-7-5-6-8-20(19)27-21/h5-14,16H,15H2,1-4H3. The maximum Gasteiger partial charge on any atom is 0.247 e. The average molecular weight is 363 g/mol. The maximum absolute atomic E-state index is 12.7. The molecular weight excluding hydrogens is 338 g/mol. The van der Waals surface area contributed by atoms with Crippen LogP contribution >= 0.6 is 0 Å². The van der Waals surface area contributed by atoms with Crippen LogP contribution < -0.4 is 4.90 Å². The zero-order chi connectivity index (χ0) is 19.4. The SMILES string of the molecule is CC(C)N(Cc1ccc(N(C)C)cc1)C(=O)C=Cc1nc2ccccc2o1. The summed E-state index contributed by atoms with van der Waals surface area (Å²) in [7, 11) is 4.02. The molecular formula is C22H25N3O2. The molecule has 0 spiro atoms. The van der Waals surface area contributed by atoms with Gasteiger partial charge in [0.2, 0.25) is 11.8 Å². The molecule has 0 atom stereocenters. The highest BCUT2D eigenvalue weighted by Crippen LogP contribution is 2.17. The molecule has 1 heterocycles. The number of hydrogen-bond acceptors (Lipinski definition) is 4. The molecule has 3 rings (SSSR count). The van der Waals surface area contributed by atoms with E-state index in [2.05, 4.69) is 34.1 Å². The molecule has 27 heavy (non-hydrogen) atoms. The van der Waals surface area contributed by atoms with Gasteiger partial charge < -0.3 is 14.2 Å². The van der Waals surface area contributed by atoms with E-state index in [0.29, 0.717) is 18.0 Å². The molecule has 0 unspecified atom stereocenters. The number of anilines is 1. The summed E-state index contributed by atoms with van der Waals surface area (Å²) in [6.07, 6.45) is 3.16. The summed E-state index contributed by atoms with van der Waals surface area (Å²) >= 11 is 0. The van der Waals surface area contributed by atoms with E-state index in [9.17, 15) is 4.79 Å². The van der Waals surface area contributed by atoms with Gasteiger partial charge in [0, 0.05) is 44.5 Å². The van der Waals surface area contributed by atoms with Crippen LogP contribution in [0.3, 0.4) is 0 Å². The minimum atomic E-state index is -0.0658. The second-order valence-electron chi connectivity index (χ2n) is 6.97. The quantitative estimate of drug-likeness (QED) is 0.611. The van der Waals surface area contributed by atoms with Crippen molar-refractivity contribution in [3.05, 3.63) is 66.1 Å². The minimum absolute atomic E-state index is 0.0658. The molecule has 0 fully saturated rings. The lowest BCUT2D eigenvalue weighted by atomic mass is 10.1. The molecule has 0 aliphatic heterocycles. The second-order valence-corrected chi connectivity index (χ2v) is 6.97. The van der Waals surface area contributed by atoms with Crippen molar-refractivity contribution in [3.63, 3.8) is 0 Å². The van der Waals surface area contributed by atoms with E-state index in [1.54, 1.807) is 6.08 Å². The molecule has 1 amide bonds. The summed E-state index contributed by atoms with van der Waals surface area (Å²) < 4.78 is 5.64. The van der Waals surface area contributed by atoms with E-state index in [4.69, 9.17) is 4.42 Å². The Morgan fingerprint density at radius 3 is 2.44 bits per heavy atom. The van der Waals surface area contributed by atoms with Crippen molar-refractivity contribution in [2.75, 3.05) is 19.0 Å². The molecule has 0 N–H and O–H groups in total. The first kappa shape index (κ1) is 18.7. The summed E-state index contributed by atoms with van der Waals surface area (Å²) in [4.78, 5) is 21.0. The molecule has 0 bridgehead atoms. The molecule has 5 nitrogen and oxygen atoms in total. The Labute approximate surface area is 159 Å². The van der Waals surface area contributed by atoms with Crippen LogP contribution in [0.1, 0.15) is 25.3 Å². The third-order valence-electron chi connectivity index (χ3n) is 4.39. The zero-order valence-corrected chi connectivity index (χ0v) is 16.2. The van der Waals surface area contributed by atoms with Crippen LogP contribution in [0.5, 0.6) is 0 Å². The van der Waals surface area contributed by atoms with Crippen LogP contribution in [0.25, 0.3) is 17.2 Å². The maximum atomic E-state index is 12.7. The predicted molar refractivity (Wildman–Crippen MR) is 109 cm³/mol. The fourth-order valence-corrected chi connectivity index (χ4v) is 2.81. The van der Waals surface area contributed by atoms with Crippen molar-refractivity contribution in [2.45, 2.75) is 26.4 Å². The molecule has 5 heteroatoms. The van der Waals surface area contributed by atoms with E-state index in [0.717, 1.165) is 16.8 Å². The van der Waals surface area contributed by atoms with Crippen molar-refractivity contribution in [2.24, 2.45) is 0 Å². The largest absolute Gasteiger partial charge is 0.437 e. The number of carbonyl (C=O) groups excluding carboxylic acids is 1. The van der Waals surface area contributed by atoms with Crippen molar-refractivity contribution in [3.8, 4) is 0 Å². The van der Waals surface area contributed by atoms with E-state index in [1.807, 2.05) is 57.1 Å². The van der Waals surface area contributed by atoms with E-state index >= 15 is 0 Å². The molecule has 3 aromatic rings. The van der Waals surface area contributed by atoms with Gasteiger partial charge in [0.15, 0.2) is 5.58 Å². The Kier molecular flexibility index (Phi) is 5.60. The topological polar surface area (TPSA) is 49.6 Å². The van der Waals surface area contributed by atoms with Crippen molar-refractivity contribution in [1.82, 2.24) is 9.88 Å². The van der Waals surface area contributed by atoms with Gasteiger partial charge in [-0.15, -0.1) is 0 Å². The van der Waals surface area contributed by atoms with E-state index in [1.165, 1.54) is 6.08 Å². The number of rotatable bonds is 6. The first-order chi connectivity index (χ1) is 12.9. The number of amides is 1. The molecule has 2 aromatic carbocycles. The molecule has 0 radical (unpaired) electrons. The molecule has 0 aliphatic rings. The highest BCUT2D eigenvalue weighted by atomic mass is 16.3. The van der Waals surface area contributed by atoms with Gasteiger partial charge in [0.05, 0.1) is 0 Å². The zero-order valence-electron chi connectivity index (χ0n) is 16.2. The van der Waals surface area contributed by atoms with Crippen LogP contribution in [0.15, 0.2) is 59.0 Å². The first-order valence-corrected chi connectivity index (χ1v) is 9.04. The number of aromatic nitrogens is 1. The Morgan fingerprint density at radius 1 is 1.11 bits per heavy atom. The number of hydrogen-bond donors (Lipinski definition) is 0. The fourth-order valence-electron chi connectivity index (χ4n) is 2.81. The Hall–Kier alpha value is -3.08. The Bertz CT molecular complexity index is 907. The van der Waals surface area contributed by atoms with Gasteiger partial charge in [-0.3, -0.25) is 4.79 Å². The molecule has 1 aromatic heterocycles. The normalized spacial score (nSPS) is 11.4. The monoisotopic (exact) mass is 363 g/mol. The summed E-state index contributed by atoms with van der Waals surface area (Å²) in [6.45, 7) is 4.58. The van der Waals surface area contributed by atoms with Crippen LogP contribution in [-0.4, -0.2) is 35.9 Å². The second kappa shape index (κ2) is 8.08. The first-order valence-electron chi connectivity index (χ1n) is 9.04. The lowest BCUT2D eigenvalue weighted by molar-refractivity contribution is -0.128. The van der Waals surface area contributed by atoms with Gasteiger partial charge in [-0.05, 0) is 43.7 Å². The van der Waals surface area contributed by atoms with Gasteiger partial charge in [0.1, 0.15) is 5.52 Å². The molecule has 0 saturated carbocycles. The molecule has 140 valence electrons. The Morgan fingerprint density at radius 2 is 1.81 bits per heavy atom. The van der Waals surface area contributed by atoms with Crippen LogP contribution in [0, 0.1) is 0 Å². The van der Waals surface area contributed by atoms with Crippen LogP contribution in [0.4, 0.5) is 5.69 Å². The highest BCUT2D eigenvalue weighted by molar-refractivity contribution is 5.91. The third-order valence-corrected chi connectivity index (χ3v) is 4.39. The van der Waals surface area contributed by atoms with Gasteiger partial charge in [-0.25, -0.2) is 4.98 Å². The number of para-hydroxylation sites is 2. The highest BCUT2D eigenvalue weighted by Gasteiger charge is 2.15. The van der Waals surface area contributed by atoms with Gasteiger partial charge in [-0.1, -0.05) is 24.3 Å². The summed E-state index contributed by atoms with van der Waals surface area (Å²) in [5, 5.41) is 0. The number of nitrogens with zero attached hydrogens (tertiary/aromatic N) is 3. The van der Waals surface area contributed by atoms with Crippen molar-refractivity contribution < 1.29 is 9.21 Å². The summed E-state index contributed by atoms with van der Waals surface area (Å²) in [6, 6.07) is 15.9. The average Bonchev–Trinajstić information content (AvgIpc) is 3.07. The van der Waals surface area contributed by atoms with Gasteiger partial charge in [-0.2, -0.15) is 0 Å². The third kappa shape index (κ3) is 4.56. The lowest BCUT2D eigenvalue weighted by Crippen LogP contribution is -2.35. The van der Waals surface area contributed by atoms with E-state index < -0.39 is 0 Å². The van der Waals surface area contributed by atoms with Crippen LogP contribution in [-0.2, 0) is 11.3 Å². The van der Waals surface area contributed by atoms with Gasteiger partial charge >= 0.3 is 0 Å². The van der Waals surface area contributed by atoms with Crippen molar-refractivity contribution in [1.29, 1.82) is 0 Å². The summed E-state index contributed by atoms with van der Waals surface area (Å²) in [5.74, 6) is 0.368. The van der Waals surface area contributed by atoms with E-state index in [-0.39, 0.29) is 11.9 Å². The molecule has 0 saturated heterocycles. The lowest BCUT2D eigenvalue weighted by Gasteiger charge is -2.26. The smallest absolute Gasteiger partial charge is 0.247 e. The van der Waals surface area contributed by atoms with Crippen molar-refractivity contribution >= 4 is 28.8 Å². The minimum Gasteiger partial charge on any atom is -0.437 e. The number of carbonyl (C=O) groups is 1. The number of oxazole rings is 1. The fraction of sp³-hybridized carbons (Fsp3) is 0.273. The van der Waals surface area contributed by atoms with Gasteiger partial charge in [0.25, 0.3) is 0 Å². The number of benzene rings is 2. The van der Waals surface area contributed by atoms with Crippen LogP contribution in [0.2, 0.25) is 0 Å². The predicted octanol–water partition coefficient (Wildman–Crippen LogP) is 4.34. The Balaban J connectivity index is 1.72. The summed E-state index contributed by atoms with van der Waals surface area (Å²) in [5.41, 5.74) is 3.73. The number of fused-ring (bicyclic) bond motifs is 1. The molecule has 0 aliphatic carbocycles.